The van der Waals surface area contributed by atoms with E-state index in [-0.39, 0.29) is 5.60 Å². The summed E-state index contributed by atoms with van der Waals surface area (Å²) < 4.78 is 0. The number of hydrogen-bond donors (Lipinski definition) is 1. The van der Waals surface area contributed by atoms with Crippen molar-refractivity contribution in [1.82, 2.24) is 0 Å². The Labute approximate surface area is 62.4 Å². The molecule has 1 N–H and O–H groups in total. The highest BCUT2D eigenvalue weighted by molar-refractivity contribution is 5.00. The summed E-state index contributed by atoms with van der Waals surface area (Å²) in [6.07, 6.45) is 6.04. The number of aliphatic hydroxyl groups is 1. The molecule has 2 saturated carbocycles. The Bertz CT molecular complexity index is 144. The van der Waals surface area contributed by atoms with E-state index in [1.165, 1.54) is 19.3 Å². The highest BCUT2D eigenvalue weighted by Gasteiger charge is 2.48. The van der Waals surface area contributed by atoms with Gasteiger partial charge in [0.1, 0.15) is 0 Å². The van der Waals surface area contributed by atoms with Crippen molar-refractivity contribution in [2.75, 3.05) is 0 Å². The van der Waals surface area contributed by atoms with Crippen LogP contribution in [0.3, 0.4) is 0 Å². The van der Waals surface area contributed by atoms with Crippen molar-refractivity contribution in [3.8, 4) is 0 Å². The van der Waals surface area contributed by atoms with Gasteiger partial charge in [0, 0.05) is 0 Å². The van der Waals surface area contributed by atoms with Crippen molar-refractivity contribution in [3.05, 3.63) is 0 Å². The summed E-state index contributed by atoms with van der Waals surface area (Å²) in [5, 5.41) is 9.99. The van der Waals surface area contributed by atoms with Crippen LogP contribution in [0.25, 0.3) is 0 Å². The molecule has 2 aliphatic rings. The smallest absolute Gasteiger partial charge is 0.0676 e. The zero-order valence-corrected chi connectivity index (χ0v) is 6.64. The maximum absolute atomic E-state index is 9.99. The third-order valence-corrected chi connectivity index (χ3v) is 3.56. The minimum absolute atomic E-state index is 0.247. The van der Waals surface area contributed by atoms with Gasteiger partial charge in [0.15, 0.2) is 0 Å². The lowest BCUT2D eigenvalue weighted by Crippen LogP contribution is -2.33. The minimum Gasteiger partial charge on any atom is -0.390 e. The maximum Gasteiger partial charge on any atom is 0.0676 e. The van der Waals surface area contributed by atoms with Crippen LogP contribution in [-0.4, -0.2) is 10.7 Å². The fourth-order valence-corrected chi connectivity index (χ4v) is 2.85. The second-order valence-electron chi connectivity index (χ2n) is 4.04. The van der Waals surface area contributed by atoms with Gasteiger partial charge in [0.05, 0.1) is 5.60 Å². The molecule has 0 heterocycles. The first-order valence-corrected chi connectivity index (χ1v) is 4.47. The van der Waals surface area contributed by atoms with Crippen LogP contribution < -0.4 is 0 Å². The summed E-state index contributed by atoms with van der Waals surface area (Å²) in [6, 6.07) is 0. The molecule has 0 aromatic carbocycles. The molecule has 2 aliphatic carbocycles. The topological polar surface area (TPSA) is 20.2 Å². The van der Waals surface area contributed by atoms with E-state index >= 15 is 0 Å². The molecule has 3 atom stereocenters. The fraction of sp³-hybridized carbons (Fsp3) is 1.00. The van der Waals surface area contributed by atoms with E-state index in [1.54, 1.807) is 0 Å². The molecule has 0 saturated heterocycles. The summed E-state index contributed by atoms with van der Waals surface area (Å²) >= 11 is 0. The van der Waals surface area contributed by atoms with Crippen molar-refractivity contribution in [2.24, 2.45) is 11.8 Å². The summed E-state index contributed by atoms with van der Waals surface area (Å²) in [5.41, 5.74) is -0.247. The quantitative estimate of drug-likeness (QED) is 0.590. The van der Waals surface area contributed by atoms with Gasteiger partial charge in [-0.2, -0.15) is 0 Å². The van der Waals surface area contributed by atoms with Gasteiger partial charge in [-0.1, -0.05) is 6.92 Å². The number of fused-ring (bicyclic) bond motifs is 2. The highest BCUT2D eigenvalue weighted by Crippen LogP contribution is 2.51. The van der Waals surface area contributed by atoms with Gasteiger partial charge in [-0.05, 0) is 43.9 Å². The molecule has 1 heteroatoms. The van der Waals surface area contributed by atoms with Crippen LogP contribution in [0, 0.1) is 11.8 Å². The first-order valence-electron chi connectivity index (χ1n) is 4.47. The number of hydrogen-bond acceptors (Lipinski definition) is 1. The second-order valence-corrected chi connectivity index (χ2v) is 4.04. The summed E-state index contributed by atoms with van der Waals surface area (Å²) in [5.74, 6) is 1.53. The predicted octanol–water partition coefficient (Wildman–Crippen LogP) is 1.95. The highest BCUT2D eigenvalue weighted by atomic mass is 16.3. The van der Waals surface area contributed by atoms with Crippen molar-refractivity contribution in [2.45, 2.75) is 44.6 Å². The van der Waals surface area contributed by atoms with E-state index in [9.17, 15) is 5.11 Å². The largest absolute Gasteiger partial charge is 0.390 e. The normalized spacial score (nSPS) is 52.2. The Balaban J connectivity index is 2.14. The molecule has 0 radical (unpaired) electrons. The van der Waals surface area contributed by atoms with Crippen molar-refractivity contribution in [3.63, 3.8) is 0 Å². The molecule has 58 valence electrons. The van der Waals surface area contributed by atoms with Crippen LogP contribution in [0.4, 0.5) is 0 Å². The Kier molecular flexibility index (Phi) is 1.31. The van der Waals surface area contributed by atoms with Gasteiger partial charge < -0.3 is 5.11 Å². The lowest BCUT2D eigenvalue weighted by atomic mass is 9.82. The molecule has 0 aromatic heterocycles. The Morgan fingerprint density at radius 2 is 2.30 bits per heavy atom. The van der Waals surface area contributed by atoms with E-state index in [1.807, 2.05) is 0 Å². The molecule has 0 spiro atoms. The molecule has 10 heavy (non-hydrogen) atoms. The zero-order chi connectivity index (χ0) is 7.19. The van der Waals surface area contributed by atoms with Crippen LogP contribution >= 0.6 is 0 Å². The molecule has 2 unspecified atom stereocenters. The average Bonchev–Trinajstić information content (AvgIpc) is 2.46. The first-order chi connectivity index (χ1) is 4.74. The van der Waals surface area contributed by atoms with Crippen LogP contribution in [0.2, 0.25) is 0 Å². The van der Waals surface area contributed by atoms with E-state index < -0.39 is 0 Å². The Morgan fingerprint density at radius 1 is 1.50 bits per heavy atom. The molecular formula is C9H16O. The molecule has 0 aromatic rings. The lowest BCUT2D eigenvalue weighted by Gasteiger charge is -2.31. The molecule has 2 fully saturated rings. The molecule has 0 aliphatic heterocycles. The van der Waals surface area contributed by atoms with Crippen LogP contribution in [0.1, 0.15) is 39.0 Å². The van der Waals surface area contributed by atoms with Crippen LogP contribution in [-0.2, 0) is 0 Å². The van der Waals surface area contributed by atoms with Gasteiger partial charge in [-0.15, -0.1) is 0 Å². The maximum atomic E-state index is 9.99. The molecule has 1 nitrogen and oxygen atoms in total. The van der Waals surface area contributed by atoms with Gasteiger partial charge >= 0.3 is 0 Å². The Morgan fingerprint density at radius 3 is 2.60 bits per heavy atom. The molecule has 2 bridgehead atoms. The van der Waals surface area contributed by atoms with Gasteiger partial charge in [-0.25, -0.2) is 0 Å². The van der Waals surface area contributed by atoms with Gasteiger partial charge in [0.25, 0.3) is 0 Å². The van der Waals surface area contributed by atoms with E-state index in [0.29, 0.717) is 5.92 Å². The van der Waals surface area contributed by atoms with Crippen molar-refractivity contribution in [1.29, 1.82) is 0 Å². The third-order valence-electron chi connectivity index (χ3n) is 3.56. The average molecular weight is 140 g/mol. The Hall–Kier alpha value is -0.0400. The molecule has 2 rings (SSSR count). The van der Waals surface area contributed by atoms with Gasteiger partial charge in [0.2, 0.25) is 0 Å². The van der Waals surface area contributed by atoms with E-state index in [4.69, 9.17) is 0 Å². The van der Waals surface area contributed by atoms with E-state index in [0.717, 1.165) is 18.8 Å². The third kappa shape index (κ3) is 0.731. The van der Waals surface area contributed by atoms with Crippen molar-refractivity contribution >= 4 is 0 Å². The molecular weight excluding hydrogens is 124 g/mol. The zero-order valence-electron chi connectivity index (χ0n) is 6.64. The first kappa shape index (κ1) is 6.66. The molecule has 0 amide bonds. The number of rotatable bonds is 1. The van der Waals surface area contributed by atoms with E-state index in [2.05, 4.69) is 6.92 Å². The lowest BCUT2D eigenvalue weighted by molar-refractivity contribution is -0.0162. The monoisotopic (exact) mass is 140 g/mol. The summed E-state index contributed by atoms with van der Waals surface area (Å²) in [6.45, 7) is 2.11. The SMILES string of the molecule is CC[C@]1(O)CC2CCC1C2. The van der Waals surface area contributed by atoms with Crippen molar-refractivity contribution < 1.29 is 5.11 Å². The minimum atomic E-state index is -0.247. The summed E-state index contributed by atoms with van der Waals surface area (Å²) in [4.78, 5) is 0. The standard InChI is InChI=1S/C9H16O/c1-2-9(10)6-7-3-4-8(9)5-7/h7-8,10H,2-6H2,1H3/t7?,8?,9-/m0/s1. The second kappa shape index (κ2) is 1.97. The predicted molar refractivity (Wildman–Crippen MR) is 40.7 cm³/mol. The van der Waals surface area contributed by atoms with Crippen LogP contribution in [0.5, 0.6) is 0 Å². The fourth-order valence-electron chi connectivity index (χ4n) is 2.85. The van der Waals surface area contributed by atoms with Gasteiger partial charge in [-0.3, -0.25) is 0 Å². The van der Waals surface area contributed by atoms with Crippen LogP contribution in [0.15, 0.2) is 0 Å². The summed E-state index contributed by atoms with van der Waals surface area (Å²) in [7, 11) is 0.